The molecule has 0 radical (unpaired) electrons. The molecule has 0 atom stereocenters. The van der Waals surface area contributed by atoms with E-state index >= 15 is 0 Å². The summed E-state index contributed by atoms with van der Waals surface area (Å²) in [5.41, 5.74) is 0.705. The highest BCUT2D eigenvalue weighted by molar-refractivity contribution is 5.92. The zero-order chi connectivity index (χ0) is 19.2. The van der Waals surface area contributed by atoms with Gasteiger partial charge in [0, 0.05) is 16.5 Å². The summed E-state index contributed by atoms with van der Waals surface area (Å²) in [6.07, 6.45) is -0.477. The van der Waals surface area contributed by atoms with Crippen molar-refractivity contribution in [2.75, 3.05) is 18.5 Å². The molecule has 1 amide bonds. The lowest BCUT2D eigenvalue weighted by atomic mass is 10.1. The number of nitrogens with zero attached hydrogens (tertiary/aromatic N) is 1. The first-order valence-corrected chi connectivity index (χ1v) is 9.21. The number of carbonyl (C=O) groups is 1. The zero-order valence-electron chi connectivity index (χ0n) is 15.3. The van der Waals surface area contributed by atoms with Crippen molar-refractivity contribution in [3.8, 4) is 0 Å². The van der Waals surface area contributed by atoms with E-state index < -0.39 is 6.09 Å². The second-order valence-corrected chi connectivity index (χ2v) is 6.37. The van der Waals surface area contributed by atoms with E-state index in [4.69, 9.17) is 9.73 Å². The number of hydrogen-bond donors (Lipinski definition) is 1. The molecule has 28 heavy (non-hydrogen) atoms. The van der Waals surface area contributed by atoms with Gasteiger partial charge in [-0.3, -0.25) is 10.3 Å². The van der Waals surface area contributed by atoms with E-state index in [0.29, 0.717) is 12.2 Å². The Morgan fingerprint density at radius 1 is 0.750 bits per heavy atom. The molecule has 0 fully saturated rings. The van der Waals surface area contributed by atoms with Gasteiger partial charge in [-0.05, 0) is 22.9 Å². The molecule has 0 saturated carbocycles. The van der Waals surface area contributed by atoms with Crippen molar-refractivity contribution in [1.82, 2.24) is 0 Å². The van der Waals surface area contributed by atoms with Gasteiger partial charge in [0.25, 0.3) is 0 Å². The first kappa shape index (κ1) is 17.7. The quantitative estimate of drug-likeness (QED) is 0.507. The number of para-hydroxylation sites is 1. The molecule has 4 aromatic carbocycles. The van der Waals surface area contributed by atoms with Gasteiger partial charge >= 0.3 is 6.09 Å². The molecule has 0 spiro atoms. The zero-order valence-corrected chi connectivity index (χ0v) is 15.3. The maximum atomic E-state index is 11.9. The Morgan fingerprint density at radius 2 is 1.32 bits per heavy atom. The molecule has 1 N–H and O–H groups in total. The maximum absolute atomic E-state index is 11.9. The predicted molar refractivity (Wildman–Crippen MR) is 113 cm³/mol. The molecular weight excluding hydrogens is 348 g/mol. The lowest BCUT2D eigenvalue weighted by Gasteiger charge is -2.05. The summed E-state index contributed by atoms with van der Waals surface area (Å²) in [5.74, 6) is 0. The van der Waals surface area contributed by atoms with Crippen LogP contribution in [0.4, 0.5) is 10.5 Å². The highest BCUT2D eigenvalue weighted by Gasteiger charge is 2.03. The standard InChI is InChI=1S/C24H20N2O2/c27-24(26-20-10-2-1-3-11-20)28-17-16-25-23-21-12-6-4-8-18(21)14-15-19-9-5-7-13-22(19)23/h1-15H,16-17H2,(H,26,27). The number of amides is 1. The van der Waals surface area contributed by atoms with E-state index in [1.807, 2.05) is 54.6 Å². The lowest BCUT2D eigenvalue weighted by molar-refractivity contribution is 0.165. The maximum Gasteiger partial charge on any atom is 0.411 e. The van der Waals surface area contributed by atoms with Gasteiger partial charge in [0.2, 0.25) is 0 Å². The molecule has 0 aliphatic carbocycles. The van der Waals surface area contributed by atoms with Crippen molar-refractivity contribution in [3.05, 3.63) is 96.4 Å². The van der Waals surface area contributed by atoms with E-state index in [9.17, 15) is 4.79 Å². The summed E-state index contributed by atoms with van der Waals surface area (Å²) in [6, 6.07) is 29.8. The van der Waals surface area contributed by atoms with Crippen LogP contribution in [0.15, 0.2) is 96.0 Å². The smallest absolute Gasteiger partial charge is 0.411 e. The minimum absolute atomic E-state index is 0.208. The van der Waals surface area contributed by atoms with Crippen molar-refractivity contribution in [1.29, 1.82) is 0 Å². The number of hydrogen-bond acceptors (Lipinski definition) is 3. The summed E-state index contributed by atoms with van der Waals surface area (Å²) in [7, 11) is 0. The predicted octanol–water partition coefficient (Wildman–Crippen LogP) is 5.14. The molecule has 0 heterocycles. The first-order chi connectivity index (χ1) is 13.8. The normalized spacial score (nSPS) is 10.6. The van der Waals surface area contributed by atoms with E-state index in [1.165, 1.54) is 0 Å². The van der Waals surface area contributed by atoms with Crippen LogP contribution in [-0.2, 0) is 4.74 Å². The second-order valence-electron chi connectivity index (χ2n) is 6.37. The Hall–Kier alpha value is -3.66. The largest absolute Gasteiger partial charge is 0.447 e. The fourth-order valence-corrected chi connectivity index (χ4v) is 3.18. The first-order valence-electron chi connectivity index (χ1n) is 9.21. The number of nitrogens with one attached hydrogen (secondary N) is 1. The molecule has 138 valence electrons. The van der Waals surface area contributed by atoms with E-state index in [1.54, 1.807) is 0 Å². The molecule has 0 saturated heterocycles. The van der Waals surface area contributed by atoms with Crippen molar-refractivity contribution >= 4 is 33.3 Å². The molecule has 4 heteroatoms. The number of carbonyl (C=O) groups excluding carboxylic acids is 1. The Kier molecular flexibility index (Phi) is 5.29. The van der Waals surface area contributed by atoms with Gasteiger partial charge in [-0.25, -0.2) is 4.79 Å². The Labute approximate surface area is 163 Å². The van der Waals surface area contributed by atoms with E-state index in [2.05, 4.69) is 41.7 Å². The van der Waals surface area contributed by atoms with Gasteiger partial charge in [-0.2, -0.15) is 0 Å². The Balaban J connectivity index is 1.57. The minimum Gasteiger partial charge on any atom is -0.447 e. The summed E-state index contributed by atoms with van der Waals surface area (Å²) < 4.78 is 5.27. The van der Waals surface area contributed by atoms with E-state index in [-0.39, 0.29) is 6.61 Å². The molecule has 0 bridgehead atoms. The molecule has 4 rings (SSSR count). The van der Waals surface area contributed by atoms with Crippen LogP contribution in [0.2, 0.25) is 0 Å². The van der Waals surface area contributed by atoms with Crippen LogP contribution < -0.4 is 10.7 Å². The van der Waals surface area contributed by atoms with Crippen LogP contribution in [0.3, 0.4) is 0 Å². The number of rotatable bonds is 4. The second kappa shape index (κ2) is 8.35. The van der Waals surface area contributed by atoms with Crippen molar-refractivity contribution in [2.24, 2.45) is 4.99 Å². The van der Waals surface area contributed by atoms with Gasteiger partial charge in [-0.1, -0.05) is 78.9 Å². The van der Waals surface area contributed by atoms with Crippen LogP contribution in [0.5, 0.6) is 0 Å². The number of ether oxygens (including phenoxy) is 1. The molecule has 4 aromatic rings. The fraction of sp³-hybridized carbons (Fsp3) is 0.0833. The molecule has 0 aromatic heterocycles. The molecule has 0 aliphatic heterocycles. The lowest BCUT2D eigenvalue weighted by Crippen LogP contribution is -2.16. The number of fused-ring (bicyclic) bond motifs is 2. The van der Waals surface area contributed by atoms with Crippen LogP contribution in [-0.4, -0.2) is 19.2 Å². The number of anilines is 1. The summed E-state index contributed by atoms with van der Waals surface area (Å²) in [5, 5.41) is 8.03. The van der Waals surface area contributed by atoms with Gasteiger partial charge in [-0.15, -0.1) is 0 Å². The third-order valence-corrected chi connectivity index (χ3v) is 4.49. The van der Waals surface area contributed by atoms with E-state index in [0.717, 1.165) is 26.9 Å². The average Bonchev–Trinajstić information content (AvgIpc) is 2.89. The molecule has 0 unspecified atom stereocenters. The third-order valence-electron chi connectivity index (χ3n) is 4.49. The van der Waals surface area contributed by atoms with Gasteiger partial charge < -0.3 is 4.74 Å². The Bertz CT molecular complexity index is 1130. The van der Waals surface area contributed by atoms with Crippen molar-refractivity contribution in [2.45, 2.75) is 0 Å². The van der Waals surface area contributed by atoms with Crippen LogP contribution in [0.1, 0.15) is 0 Å². The Morgan fingerprint density at radius 3 is 1.96 bits per heavy atom. The average molecular weight is 368 g/mol. The topological polar surface area (TPSA) is 50.7 Å². The van der Waals surface area contributed by atoms with Crippen LogP contribution in [0, 0.1) is 0 Å². The minimum atomic E-state index is -0.477. The fourth-order valence-electron chi connectivity index (χ4n) is 3.18. The van der Waals surface area contributed by atoms with Gasteiger partial charge in [0.05, 0.1) is 11.9 Å². The van der Waals surface area contributed by atoms with Gasteiger partial charge in [0.15, 0.2) is 0 Å². The van der Waals surface area contributed by atoms with Crippen LogP contribution in [0.25, 0.3) is 21.5 Å². The SMILES string of the molecule is O=C(Nc1ccccc1)OCCN=c1c2ccccc2ccc2ccccc12. The highest BCUT2D eigenvalue weighted by Crippen LogP contribution is 2.15. The summed E-state index contributed by atoms with van der Waals surface area (Å²) in [6.45, 7) is 0.597. The monoisotopic (exact) mass is 368 g/mol. The third kappa shape index (κ3) is 4.01. The van der Waals surface area contributed by atoms with Crippen molar-refractivity contribution in [3.63, 3.8) is 0 Å². The molecule has 0 aliphatic rings. The summed E-state index contributed by atoms with van der Waals surface area (Å²) >= 11 is 0. The highest BCUT2D eigenvalue weighted by atomic mass is 16.5. The van der Waals surface area contributed by atoms with Crippen LogP contribution >= 0.6 is 0 Å². The molecular formula is C24H20N2O2. The number of benzene rings is 3. The summed E-state index contributed by atoms with van der Waals surface area (Å²) in [4.78, 5) is 16.7. The van der Waals surface area contributed by atoms with Crippen molar-refractivity contribution < 1.29 is 9.53 Å². The molecule has 4 nitrogen and oxygen atoms in total. The van der Waals surface area contributed by atoms with Gasteiger partial charge in [0.1, 0.15) is 6.61 Å².